The standard InChI is InChI=1S/C29H37N5O6/c1-4-16(2)25(28(38)33-24(29(39)40)14-19-15-31-23-8-6-5-7-21(19)23)34-26(36)17(3)32-27(37)22(30)13-18-9-11-20(35)12-10-18/h5-12,15-17,22,24-25,31,35H,4,13-14,30H2,1-3H3,(H,32,37)(H,33,38)(H,34,36)(H,39,40). The number of phenols is 1. The number of amides is 3. The van der Waals surface area contributed by atoms with E-state index in [0.29, 0.717) is 6.42 Å². The molecule has 0 saturated heterocycles. The van der Waals surface area contributed by atoms with Gasteiger partial charge in [0, 0.05) is 23.5 Å². The fourth-order valence-electron chi connectivity index (χ4n) is 4.33. The highest BCUT2D eigenvalue weighted by molar-refractivity contribution is 5.94. The molecular weight excluding hydrogens is 514 g/mol. The molecule has 3 aromatic rings. The summed E-state index contributed by atoms with van der Waals surface area (Å²) >= 11 is 0. The van der Waals surface area contributed by atoms with Crippen molar-refractivity contribution in [1.82, 2.24) is 20.9 Å². The summed E-state index contributed by atoms with van der Waals surface area (Å²) in [6, 6.07) is 9.57. The van der Waals surface area contributed by atoms with Crippen LogP contribution in [0.5, 0.6) is 5.75 Å². The number of H-pyrrole nitrogens is 1. The Hall–Kier alpha value is -4.38. The number of phenolic OH excluding ortho intramolecular Hbond substituents is 1. The zero-order valence-corrected chi connectivity index (χ0v) is 22.8. The lowest BCUT2D eigenvalue weighted by Gasteiger charge is -2.27. The van der Waals surface area contributed by atoms with Crippen LogP contribution in [0.2, 0.25) is 0 Å². The first kappa shape index (κ1) is 30.2. The molecule has 214 valence electrons. The van der Waals surface area contributed by atoms with E-state index in [0.717, 1.165) is 22.0 Å². The van der Waals surface area contributed by atoms with Gasteiger partial charge in [-0.2, -0.15) is 0 Å². The van der Waals surface area contributed by atoms with Crippen molar-refractivity contribution in [2.45, 2.75) is 64.2 Å². The Kier molecular flexibility index (Phi) is 10.3. The van der Waals surface area contributed by atoms with E-state index < -0.39 is 47.9 Å². The number of aromatic nitrogens is 1. The second-order valence-electron chi connectivity index (χ2n) is 10.0. The van der Waals surface area contributed by atoms with Crippen molar-refractivity contribution in [1.29, 1.82) is 0 Å². The first-order chi connectivity index (χ1) is 19.0. The molecule has 5 atom stereocenters. The van der Waals surface area contributed by atoms with Crippen molar-refractivity contribution < 1.29 is 29.4 Å². The molecule has 40 heavy (non-hydrogen) atoms. The molecule has 0 radical (unpaired) electrons. The van der Waals surface area contributed by atoms with E-state index in [9.17, 15) is 29.4 Å². The van der Waals surface area contributed by atoms with Crippen LogP contribution in [0.3, 0.4) is 0 Å². The van der Waals surface area contributed by atoms with Gasteiger partial charge in [-0.3, -0.25) is 14.4 Å². The highest BCUT2D eigenvalue weighted by Gasteiger charge is 2.32. The lowest BCUT2D eigenvalue weighted by molar-refractivity contribution is -0.142. The summed E-state index contributed by atoms with van der Waals surface area (Å²) in [5.41, 5.74) is 8.34. The smallest absolute Gasteiger partial charge is 0.326 e. The van der Waals surface area contributed by atoms with Crippen molar-refractivity contribution in [3.63, 3.8) is 0 Å². The zero-order valence-electron chi connectivity index (χ0n) is 22.8. The van der Waals surface area contributed by atoms with Crippen molar-refractivity contribution >= 4 is 34.6 Å². The number of carboxylic acids is 1. The Morgan fingerprint density at radius 3 is 2.23 bits per heavy atom. The molecule has 11 nitrogen and oxygen atoms in total. The maximum absolute atomic E-state index is 13.2. The summed E-state index contributed by atoms with van der Waals surface area (Å²) in [7, 11) is 0. The van der Waals surface area contributed by atoms with Gasteiger partial charge in [-0.1, -0.05) is 50.6 Å². The summed E-state index contributed by atoms with van der Waals surface area (Å²) in [6.45, 7) is 5.10. The summed E-state index contributed by atoms with van der Waals surface area (Å²) in [6.07, 6.45) is 2.51. The maximum atomic E-state index is 13.2. The lowest BCUT2D eigenvalue weighted by atomic mass is 9.97. The van der Waals surface area contributed by atoms with E-state index >= 15 is 0 Å². The Morgan fingerprint density at radius 1 is 0.900 bits per heavy atom. The Morgan fingerprint density at radius 2 is 1.57 bits per heavy atom. The van der Waals surface area contributed by atoms with Crippen LogP contribution in [0.25, 0.3) is 10.9 Å². The van der Waals surface area contributed by atoms with Crippen molar-refractivity contribution in [2.24, 2.45) is 11.7 Å². The molecule has 0 aliphatic carbocycles. The number of carbonyl (C=O) groups excluding carboxylic acids is 3. The van der Waals surface area contributed by atoms with Gasteiger partial charge < -0.3 is 36.9 Å². The minimum absolute atomic E-state index is 0.0532. The van der Waals surface area contributed by atoms with E-state index in [1.54, 1.807) is 25.3 Å². The summed E-state index contributed by atoms with van der Waals surface area (Å²) in [5.74, 6) is -3.20. The molecule has 0 bridgehead atoms. The molecule has 0 fully saturated rings. The average molecular weight is 552 g/mol. The van der Waals surface area contributed by atoms with Gasteiger partial charge in [0.25, 0.3) is 0 Å². The van der Waals surface area contributed by atoms with Crippen LogP contribution in [-0.4, -0.2) is 63.1 Å². The van der Waals surface area contributed by atoms with Crippen LogP contribution in [-0.2, 0) is 32.0 Å². The molecule has 3 amide bonds. The second kappa shape index (κ2) is 13.6. The van der Waals surface area contributed by atoms with E-state index in [1.807, 2.05) is 31.2 Å². The quantitative estimate of drug-likeness (QED) is 0.168. The van der Waals surface area contributed by atoms with E-state index in [-0.39, 0.29) is 24.5 Å². The first-order valence-electron chi connectivity index (χ1n) is 13.2. The van der Waals surface area contributed by atoms with Crippen LogP contribution in [0, 0.1) is 5.92 Å². The summed E-state index contributed by atoms with van der Waals surface area (Å²) in [5, 5.41) is 27.9. The molecule has 0 aliphatic heterocycles. The number of aliphatic carboxylic acids is 1. The van der Waals surface area contributed by atoms with Gasteiger partial charge in [-0.05, 0) is 48.6 Å². The molecule has 8 N–H and O–H groups in total. The van der Waals surface area contributed by atoms with Gasteiger partial charge in [-0.15, -0.1) is 0 Å². The van der Waals surface area contributed by atoms with E-state index in [2.05, 4.69) is 20.9 Å². The minimum atomic E-state index is -1.22. The Bertz CT molecular complexity index is 1340. The largest absolute Gasteiger partial charge is 0.508 e. The third-order valence-electron chi connectivity index (χ3n) is 6.99. The number of rotatable bonds is 13. The van der Waals surface area contributed by atoms with Gasteiger partial charge >= 0.3 is 5.97 Å². The summed E-state index contributed by atoms with van der Waals surface area (Å²) in [4.78, 5) is 53.9. The van der Waals surface area contributed by atoms with Crippen LogP contribution >= 0.6 is 0 Å². The molecule has 1 heterocycles. The molecule has 0 spiro atoms. The number of benzene rings is 2. The number of aromatic hydroxyl groups is 1. The number of nitrogens with two attached hydrogens (primary N) is 1. The fraction of sp³-hybridized carbons (Fsp3) is 0.379. The van der Waals surface area contributed by atoms with Crippen LogP contribution in [0.15, 0.2) is 54.7 Å². The SMILES string of the molecule is CCC(C)C(NC(=O)C(C)NC(=O)C(N)Cc1ccc(O)cc1)C(=O)NC(Cc1c[nH]c2ccccc12)C(=O)O. The number of para-hydroxylation sites is 1. The third kappa shape index (κ3) is 7.82. The number of nitrogens with one attached hydrogen (secondary N) is 4. The van der Waals surface area contributed by atoms with E-state index in [4.69, 9.17) is 5.73 Å². The third-order valence-corrected chi connectivity index (χ3v) is 6.99. The highest BCUT2D eigenvalue weighted by atomic mass is 16.4. The molecule has 5 unspecified atom stereocenters. The average Bonchev–Trinajstić information content (AvgIpc) is 3.34. The predicted molar refractivity (Wildman–Crippen MR) is 150 cm³/mol. The zero-order chi connectivity index (χ0) is 29.4. The second-order valence-corrected chi connectivity index (χ2v) is 10.0. The van der Waals surface area contributed by atoms with Crippen molar-refractivity contribution in [2.75, 3.05) is 0 Å². The highest BCUT2D eigenvalue weighted by Crippen LogP contribution is 2.19. The van der Waals surface area contributed by atoms with E-state index in [1.165, 1.54) is 19.1 Å². The normalized spacial score (nSPS) is 14.9. The van der Waals surface area contributed by atoms with Crippen LogP contribution in [0.1, 0.15) is 38.3 Å². The van der Waals surface area contributed by atoms with Gasteiger partial charge in [0.05, 0.1) is 6.04 Å². The van der Waals surface area contributed by atoms with Crippen molar-refractivity contribution in [3.8, 4) is 5.75 Å². The molecule has 1 aromatic heterocycles. The van der Waals surface area contributed by atoms with Crippen LogP contribution < -0.4 is 21.7 Å². The van der Waals surface area contributed by atoms with Gasteiger partial charge in [0.15, 0.2) is 0 Å². The molecule has 0 saturated carbocycles. The number of hydrogen-bond donors (Lipinski definition) is 7. The molecule has 0 aliphatic rings. The number of fused-ring (bicyclic) bond motifs is 1. The summed E-state index contributed by atoms with van der Waals surface area (Å²) < 4.78 is 0. The topological polar surface area (TPSA) is 187 Å². The molecule has 3 rings (SSSR count). The minimum Gasteiger partial charge on any atom is -0.508 e. The molecular formula is C29H37N5O6. The van der Waals surface area contributed by atoms with Crippen LogP contribution in [0.4, 0.5) is 0 Å². The molecule has 11 heteroatoms. The number of aromatic amines is 1. The Labute approximate surface area is 232 Å². The van der Waals surface area contributed by atoms with Crippen molar-refractivity contribution in [3.05, 3.63) is 65.9 Å². The lowest BCUT2D eigenvalue weighted by Crippen LogP contribution is -2.58. The van der Waals surface area contributed by atoms with Gasteiger partial charge in [0.2, 0.25) is 17.7 Å². The van der Waals surface area contributed by atoms with Gasteiger partial charge in [0.1, 0.15) is 23.9 Å². The maximum Gasteiger partial charge on any atom is 0.326 e. The monoisotopic (exact) mass is 551 g/mol. The fourth-order valence-corrected chi connectivity index (χ4v) is 4.33. The first-order valence-corrected chi connectivity index (χ1v) is 13.2. The number of carboxylic acid groups (broad SMARTS) is 1. The Balaban J connectivity index is 1.63. The predicted octanol–water partition coefficient (Wildman–Crippen LogP) is 1.59. The van der Waals surface area contributed by atoms with Gasteiger partial charge in [-0.25, -0.2) is 4.79 Å². The molecule has 2 aromatic carbocycles. The number of carbonyl (C=O) groups is 4. The number of hydrogen-bond acceptors (Lipinski definition) is 6.